The lowest BCUT2D eigenvalue weighted by Gasteiger charge is -2.15. The molecule has 2 aromatic rings. The number of hydrogen-bond donors (Lipinski definition) is 1. The quantitative estimate of drug-likeness (QED) is 0.894. The molecule has 0 bridgehead atoms. The van der Waals surface area contributed by atoms with Crippen molar-refractivity contribution in [2.24, 2.45) is 0 Å². The van der Waals surface area contributed by atoms with E-state index in [0.29, 0.717) is 12.8 Å². The van der Waals surface area contributed by atoms with Crippen LogP contribution < -0.4 is 14.8 Å². The summed E-state index contributed by atoms with van der Waals surface area (Å²) in [5, 5.41) is 3.51. The van der Waals surface area contributed by atoms with E-state index in [4.69, 9.17) is 9.47 Å². The number of anilines is 1. The fraction of sp³-hybridized carbons (Fsp3) is 0.294. The van der Waals surface area contributed by atoms with Crippen molar-refractivity contribution in [3.05, 3.63) is 54.1 Å². The minimum absolute atomic E-state index is 0.322. The Balaban J connectivity index is 1.55. The van der Waals surface area contributed by atoms with Gasteiger partial charge < -0.3 is 14.8 Å². The van der Waals surface area contributed by atoms with Crippen LogP contribution in [0.4, 0.5) is 5.69 Å². The fourth-order valence-electron chi connectivity index (χ4n) is 2.37. The number of aryl methyl sites for hydroxylation is 1. The fourth-order valence-corrected chi connectivity index (χ4v) is 2.37. The molecule has 3 rings (SSSR count). The van der Waals surface area contributed by atoms with Gasteiger partial charge in [0.15, 0.2) is 11.5 Å². The Morgan fingerprint density at radius 1 is 1.05 bits per heavy atom. The lowest BCUT2D eigenvalue weighted by molar-refractivity contribution is 0.174. The third-order valence-corrected chi connectivity index (χ3v) is 3.49. The van der Waals surface area contributed by atoms with Gasteiger partial charge in [-0.2, -0.15) is 0 Å². The zero-order chi connectivity index (χ0) is 13.8. The molecule has 1 aliphatic rings. The lowest BCUT2D eigenvalue weighted by atomic mass is 10.1. The standard InChI is InChI=1S/C17H19NO2/c1-13(7-8-14-5-3-2-4-6-14)18-15-9-10-16-17(11-15)20-12-19-16/h2-6,9-11,13,18H,7-8,12H2,1H3/t13-/m1/s1. The Labute approximate surface area is 119 Å². The third kappa shape index (κ3) is 3.05. The minimum Gasteiger partial charge on any atom is -0.454 e. The Hall–Kier alpha value is -2.16. The van der Waals surface area contributed by atoms with Crippen LogP contribution in [-0.2, 0) is 6.42 Å². The molecule has 104 valence electrons. The molecule has 0 aromatic heterocycles. The van der Waals surface area contributed by atoms with E-state index >= 15 is 0 Å². The smallest absolute Gasteiger partial charge is 0.231 e. The van der Waals surface area contributed by atoms with Gasteiger partial charge >= 0.3 is 0 Å². The first-order valence-corrected chi connectivity index (χ1v) is 7.01. The van der Waals surface area contributed by atoms with Crippen LogP contribution in [0.3, 0.4) is 0 Å². The Morgan fingerprint density at radius 2 is 1.85 bits per heavy atom. The summed E-state index contributed by atoms with van der Waals surface area (Å²) in [7, 11) is 0. The van der Waals surface area contributed by atoms with Gasteiger partial charge in [0.2, 0.25) is 6.79 Å². The largest absolute Gasteiger partial charge is 0.454 e. The van der Waals surface area contributed by atoms with Crippen molar-refractivity contribution < 1.29 is 9.47 Å². The van der Waals surface area contributed by atoms with Crippen molar-refractivity contribution in [3.63, 3.8) is 0 Å². The highest BCUT2D eigenvalue weighted by atomic mass is 16.7. The van der Waals surface area contributed by atoms with E-state index in [-0.39, 0.29) is 0 Å². The van der Waals surface area contributed by atoms with Crippen molar-refractivity contribution >= 4 is 5.69 Å². The molecule has 2 aromatic carbocycles. The average molecular weight is 269 g/mol. The first-order valence-electron chi connectivity index (χ1n) is 7.01. The van der Waals surface area contributed by atoms with Crippen molar-refractivity contribution in [3.8, 4) is 11.5 Å². The number of benzene rings is 2. The molecular weight excluding hydrogens is 250 g/mol. The van der Waals surface area contributed by atoms with Gasteiger partial charge in [-0.25, -0.2) is 0 Å². The molecule has 0 radical (unpaired) electrons. The van der Waals surface area contributed by atoms with Gasteiger partial charge in [-0.1, -0.05) is 30.3 Å². The molecule has 3 nitrogen and oxygen atoms in total. The van der Waals surface area contributed by atoms with Gasteiger partial charge in [0, 0.05) is 17.8 Å². The summed E-state index contributed by atoms with van der Waals surface area (Å²) >= 11 is 0. The molecule has 1 N–H and O–H groups in total. The summed E-state index contributed by atoms with van der Waals surface area (Å²) in [5.41, 5.74) is 2.46. The van der Waals surface area contributed by atoms with Crippen molar-refractivity contribution in [1.82, 2.24) is 0 Å². The summed E-state index contributed by atoms with van der Waals surface area (Å²) in [5.74, 6) is 1.65. The van der Waals surface area contributed by atoms with E-state index in [0.717, 1.165) is 30.0 Å². The van der Waals surface area contributed by atoms with E-state index in [2.05, 4.69) is 42.6 Å². The van der Waals surface area contributed by atoms with Crippen LogP contribution in [0, 0.1) is 0 Å². The number of rotatable bonds is 5. The van der Waals surface area contributed by atoms with E-state index in [1.54, 1.807) is 0 Å². The Morgan fingerprint density at radius 3 is 2.70 bits per heavy atom. The molecule has 3 heteroatoms. The highest BCUT2D eigenvalue weighted by molar-refractivity contribution is 5.55. The maximum Gasteiger partial charge on any atom is 0.231 e. The summed E-state index contributed by atoms with van der Waals surface area (Å²) in [6, 6.07) is 17.0. The Kier molecular flexibility index (Phi) is 3.77. The van der Waals surface area contributed by atoms with Gasteiger partial charge in [-0.15, -0.1) is 0 Å². The highest BCUT2D eigenvalue weighted by Gasteiger charge is 2.13. The van der Waals surface area contributed by atoms with Gasteiger partial charge in [-0.05, 0) is 37.5 Å². The van der Waals surface area contributed by atoms with Gasteiger partial charge in [0.05, 0.1) is 0 Å². The van der Waals surface area contributed by atoms with Crippen molar-refractivity contribution in [2.75, 3.05) is 12.1 Å². The van der Waals surface area contributed by atoms with E-state index < -0.39 is 0 Å². The van der Waals surface area contributed by atoms with Crippen molar-refractivity contribution in [1.29, 1.82) is 0 Å². The number of nitrogens with one attached hydrogen (secondary N) is 1. The molecular formula is C17H19NO2. The van der Waals surface area contributed by atoms with Crippen LogP contribution in [-0.4, -0.2) is 12.8 Å². The second kappa shape index (κ2) is 5.87. The second-order valence-corrected chi connectivity index (χ2v) is 5.14. The molecule has 0 saturated carbocycles. The zero-order valence-electron chi connectivity index (χ0n) is 11.6. The molecule has 1 aliphatic heterocycles. The van der Waals surface area contributed by atoms with Crippen LogP contribution in [0.1, 0.15) is 18.9 Å². The van der Waals surface area contributed by atoms with E-state index in [9.17, 15) is 0 Å². The van der Waals surface area contributed by atoms with Crippen LogP contribution in [0.25, 0.3) is 0 Å². The Bertz CT molecular complexity index is 568. The molecule has 1 heterocycles. The first kappa shape index (κ1) is 12.9. The summed E-state index contributed by atoms with van der Waals surface area (Å²) < 4.78 is 10.7. The van der Waals surface area contributed by atoms with E-state index in [1.807, 2.05) is 18.2 Å². The molecule has 20 heavy (non-hydrogen) atoms. The highest BCUT2D eigenvalue weighted by Crippen LogP contribution is 2.34. The lowest BCUT2D eigenvalue weighted by Crippen LogP contribution is -2.15. The van der Waals surface area contributed by atoms with Gasteiger partial charge in [0.1, 0.15) is 0 Å². The van der Waals surface area contributed by atoms with Crippen LogP contribution in [0.5, 0.6) is 11.5 Å². The first-order chi connectivity index (χ1) is 9.81. The zero-order valence-corrected chi connectivity index (χ0v) is 11.6. The third-order valence-electron chi connectivity index (χ3n) is 3.49. The number of hydrogen-bond acceptors (Lipinski definition) is 3. The predicted octanol–water partition coefficient (Wildman–Crippen LogP) is 3.85. The molecule has 0 amide bonds. The normalized spacial score (nSPS) is 14.1. The SMILES string of the molecule is C[C@H](CCc1ccccc1)Nc1ccc2c(c1)OCO2. The number of ether oxygens (including phenoxy) is 2. The summed E-state index contributed by atoms with van der Waals surface area (Å²) in [4.78, 5) is 0. The van der Waals surface area contributed by atoms with Crippen LogP contribution in [0.15, 0.2) is 48.5 Å². The molecule has 0 fully saturated rings. The maximum absolute atomic E-state index is 5.39. The molecule has 0 spiro atoms. The molecule has 0 aliphatic carbocycles. The average Bonchev–Trinajstić information content (AvgIpc) is 2.94. The van der Waals surface area contributed by atoms with Crippen molar-refractivity contribution in [2.45, 2.75) is 25.8 Å². The summed E-state index contributed by atoms with van der Waals surface area (Å²) in [6.45, 7) is 2.52. The van der Waals surface area contributed by atoms with Gasteiger partial charge in [-0.3, -0.25) is 0 Å². The topological polar surface area (TPSA) is 30.5 Å². The van der Waals surface area contributed by atoms with Gasteiger partial charge in [0.25, 0.3) is 0 Å². The monoisotopic (exact) mass is 269 g/mol. The second-order valence-electron chi connectivity index (χ2n) is 5.14. The summed E-state index contributed by atoms with van der Waals surface area (Å²) in [6.07, 6.45) is 2.18. The van der Waals surface area contributed by atoms with Crippen LogP contribution >= 0.6 is 0 Å². The van der Waals surface area contributed by atoms with Crippen LogP contribution in [0.2, 0.25) is 0 Å². The molecule has 0 saturated heterocycles. The predicted molar refractivity (Wildman–Crippen MR) is 80.4 cm³/mol. The molecule has 1 atom stereocenters. The molecule has 0 unspecified atom stereocenters. The maximum atomic E-state index is 5.39. The van der Waals surface area contributed by atoms with E-state index in [1.165, 1.54) is 5.56 Å². The number of fused-ring (bicyclic) bond motifs is 1. The minimum atomic E-state index is 0.322.